The lowest BCUT2D eigenvalue weighted by Crippen LogP contribution is -2.50. The molecule has 0 fully saturated rings. The third-order valence-corrected chi connectivity index (χ3v) is 3.24. The fourth-order valence-corrected chi connectivity index (χ4v) is 1.99. The van der Waals surface area contributed by atoms with E-state index in [0.29, 0.717) is 17.5 Å². The molecule has 6 nitrogen and oxygen atoms in total. The van der Waals surface area contributed by atoms with Gasteiger partial charge in [-0.1, -0.05) is 12.1 Å². The molecule has 3 N–H and O–H groups in total. The van der Waals surface area contributed by atoms with Crippen molar-refractivity contribution in [2.24, 2.45) is 0 Å². The Labute approximate surface area is 136 Å². The number of thiocarbonyl (C=S) groups is 1. The van der Waals surface area contributed by atoms with Crippen molar-refractivity contribution in [3.05, 3.63) is 29.3 Å². The van der Waals surface area contributed by atoms with Gasteiger partial charge in [-0.15, -0.1) is 0 Å². The van der Waals surface area contributed by atoms with Gasteiger partial charge in [-0.2, -0.15) is 0 Å². The molecule has 1 atom stereocenters. The number of rotatable bonds is 6. The van der Waals surface area contributed by atoms with E-state index in [0.717, 1.165) is 11.1 Å². The van der Waals surface area contributed by atoms with Crippen LogP contribution in [0.15, 0.2) is 18.2 Å². The maximum absolute atomic E-state index is 11.7. The lowest BCUT2D eigenvalue weighted by Gasteiger charge is -2.16. The number of amides is 1. The molecule has 1 rings (SSSR count). The third-order valence-electron chi connectivity index (χ3n) is 3.02. The van der Waals surface area contributed by atoms with Gasteiger partial charge >= 0.3 is 0 Å². The number of carbonyl (C=O) groups is 1. The van der Waals surface area contributed by atoms with Crippen LogP contribution in [0.1, 0.15) is 18.1 Å². The Kier molecular flexibility index (Phi) is 7.62. The summed E-state index contributed by atoms with van der Waals surface area (Å²) in [5, 5.41) is 3.29. The molecule has 7 heteroatoms. The van der Waals surface area contributed by atoms with Crippen LogP contribution < -0.4 is 20.9 Å². The van der Waals surface area contributed by atoms with E-state index in [1.165, 1.54) is 0 Å². The van der Waals surface area contributed by atoms with Gasteiger partial charge in [0.2, 0.25) is 0 Å². The van der Waals surface area contributed by atoms with Crippen molar-refractivity contribution in [2.75, 3.05) is 20.3 Å². The Morgan fingerprint density at radius 2 is 2.05 bits per heavy atom. The van der Waals surface area contributed by atoms with Crippen molar-refractivity contribution in [1.82, 2.24) is 16.2 Å². The predicted octanol–water partition coefficient (Wildman–Crippen LogP) is 1.21. The number of methoxy groups -OCH3 is 1. The summed E-state index contributed by atoms with van der Waals surface area (Å²) in [4.78, 5) is 11.7. The molecule has 22 heavy (non-hydrogen) atoms. The minimum Gasteiger partial charge on any atom is -0.483 e. The van der Waals surface area contributed by atoms with Crippen LogP contribution in [0.4, 0.5) is 0 Å². The van der Waals surface area contributed by atoms with E-state index >= 15 is 0 Å². The summed E-state index contributed by atoms with van der Waals surface area (Å²) in [7, 11) is 1.61. The second-order valence-electron chi connectivity index (χ2n) is 4.99. The zero-order valence-corrected chi connectivity index (χ0v) is 14.2. The summed E-state index contributed by atoms with van der Waals surface area (Å²) in [5.41, 5.74) is 7.24. The number of hydrogen-bond donors (Lipinski definition) is 3. The third kappa shape index (κ3) is 6.28. The molecule has 1 aromatic rings. The molecule has 0 saturated carbocycles. The predicted molar refractivity (Wildman–Crippen MR) is 89.8 cm³/mol. The van der Waals surface area contributed by atoms with E-state index in [1.807, 2.05) is 39.0 Å². The van der Waals surface area contributed by atoms with E-state index in [1.54, 1.807) is 7.11 Å². The molecule has 0 heterocycles. The summed E-state index contributed by atoms with van der Waals surface area (Å²) in [5.74, 6) is 0.383. The normalized spacial score (nSPS) is 11.5. The molecule has 0 aliphatic carbocycles. The molecular formula is C15H23N3O3S. The lowest BCUT2D eigenvalue weighted by molar-refractivity contribution is -0.123. The molecule has 0 bridgehead atoms. The molecule has 0 saturated heterocycles. The molecule has 0 aromatic heterocycles. The van der Waals surface area contributed by atoms with Crippen LogP contribution in [-0.4, -0.2) is 37.4 Å². The summed E-state index contributed by atoms with van der Waals surface area (Å²) in [6.07, 6.45) is 0. The number of ether oxygens (including phenoxy) is 2. The highest BCUT2D eigenvalue weighted by atomic mass is 32.1. The average molecular weight is 325 g/mol. The van der Waals surface area contributed by atoms with Crippen molar-refractivity contribution >= 4 is 23.2 Å². The van der Waals surface area contributed by atoms with Crippen molar-refractivity contribution < 1.29 is 14.3 Å². The summed E-state index contributed by atoms with van der Waals surface area (Å²) in [6, 6.07) is 5.77. The molecule has 122 valence electrons. The zero-order chi connectivity index (χ0) is 16.5. The summed E-state index contributed by atoms with van der Waals surface area (Å²) < 4.78 is 10.5. The second kappa shape index (κ2) is 9.22. The van der Waals surface area contributed by atoms with Crippen molar-refractivity contribution in [2.45, 2.75) is 26.8 Å². The van der Waals surface area contributed by atoms with Crippen LogP contribution in [0, 0.1) is 13.8 Å². The molecule has 0 aliphatic rings. The van der Waals surface area contributed by atoms with Crippen LogP contribution in [0.2, 0.25) is 0 Å². The Morgan fingerprint density at radius 1 is 1.32 bits per heavy atom. The molecule has 0 radical (unpaired) electrons. The fraction of sp³-hybridized carbons (Fsp3) is 0.467. The number of carbonyl (C=O) groups excluding carboxylic acids is 1. The molecule has 0 aliphatic heterocycles. The Morgan fingerprint density at radius 3 is 2.73 bits per heavy atom. The monoisotopic (exact) mass is 325 g/mol. The topological polar surface area (TPSA) is 71.6 Å². The number of benzene rings is 1. The quantitative estimate of drug-likeness (QED) is 0.539. The first-order valence-corrected chi connectivity index (χ1v) is 7.38. The Balaban J connectivity index is 2.32. The average Bonchev–Trinajstić information content (AvgIpc) is 2.47. The van der Waals surface area contributed by atoms with Crippen LogP contribution in [0.5, 0.6) is 5.75 Å². The van der Waals surface area contributed by atoms with Gasteiger partial charge in [0.15, 0.2) is 11.7 Å². The van der Waals surface area contributed by atoms with Crippen molar-refractivity contribution in [3.63, 3.8) is 0 Å². The largest absolute Gasteiger partial charge is 0.483 e. The smallest absolute Gasteiger partial charge is 0.276 e. The number of nitrogens with one attached hydrogen (secondary N) is 3. The van der Waals surface area contributed by atoms with Crippen molar-refractivity contribution in [1.29, 1.82) is 0 Å². The van der Waals surface area contributed by atoms with Gasteiger partial charge in [-0.3, -0.25) is 15.6 Å². The molecule has 0 unspecified atom stereocenters. The van der Waals surface area contributed by atoms with Gasteiger partial charge in [-0.25, -0.2) is 0 Å². The molecular weight excluding hydrogens is 302 g/mol. The van der Waals surface area contributed by atoms with E-state index in [-0.39, 0.29) is 18.6 Å². The molecule has 1 amide bonds. The van der Waals surface area contributed by atoms with Crippen LogP contribution in [0.3, 0.4) is 0 Å². The van der Waals surface area contributed by atoms with E-state index in [9.17, 15) is 4.79 Å². The highest BCUT2D eigenvalue weighted by molar-refractivity contribution is 7.80. The highest BCUT2D eigenvalue weighted by Gasteiger charge is 2.07. The first kappa shape index (κ1) is 18.2. The van der Waals surface area contributed by atoms with Gasteiger partial charge < -0.3 is 14.8 Å². The van der Waals surface area contributed by atoms with Crippen molar-refractivity contribution in [3.8, 4) is 5.75 Å². The fourth-order valence-electron chi connectivity index (χ4n) is 1.74. The van der Waals surface area contributed by atoms with E-state index < -0.39 is 0 Å². The molecule has 0 spiro atoms. The van der Waals surface area contributed by atoms with Gasteiger partial charge in [0.1, 0.15) is 5.75 Å². The Bertz CT molecular complexity index is 523. The summed E-state index contributed by atoms with van der Waals surface area (Å²) in [6.45, 7) is 6.30. The van der Waals surface area contributed by atoms with Gasteiger partial charge in [0.05, 0.1) is 6.61 Å². The highest BCUT2D eigenvalue weighted by Crippen LogP contribution is 2.20. The lowest BCUT2D eigenvalue weighted by atomic mass is 10.1. The maximum Gasteiger partial charge on any atom is 0.276 e. The van der Waals surface area contributed by atoms with Gasteiger partial charge in [0, 0.05) is 13.2 Å². The van der Waals surface area contributed by atoms with Crippen LogP contribution in [-0.2, 0) is 9.53 Å². The number of hydrazine groups is 1. The number of aryl methyl sites for hydroxylation is 1. The second-order valence-corrected chi connectivity index (χ2v) is 5.40. The first-order chi connectivity index (χ1) is 10.4. The van der Waals surface area contributed by atoms with Gasteiger partial charge in [0.25, 0.3) is 5.91 Å². The number of hydrogen-bond acceptors (Lipinski definition) is 4. The van der Waals surface area contributed by atoms with Gasteiger partial charge in [-0.05, 0) is 50.2 Å². The zero-order valence-electron chi connectivity index (χ0n) is 13.4. The van der Waals surface area contributed by atoms with Crippen LogP contribution >= 0.6 is 12.2 Å². The first-order valence-electron chi connectivity index (χ1n) is 6.97. The summed E-state index contributed by atoms with van der Waals surface area (Å²) >= 11 is 5.05. The molecule has 1 aromatic carbocycles. The standard InChI is InChI=1S/C15H23N3O3S/c1-10-6-5-7-13(12(10)3)21-9-14(19)17-18-15(22)16-11(2)8-20-4/h5-7,11H,8-9H2,1-4H3,(H,17,19)(H2,16,18,22)/t11-/m1/s1. The minimum absolute atomic E-state index is 0.0492. The van der Waals surface area contributed by atoms with E-state index in [4.69, 9.17) is 21.7 Å². The Hall–Kier alpha value is -1.86. The SMILES string of the molecule is COC[C@@H](C)NC(=S)NNC(=O)COc1cccc(C)c1C. The maximum atomic E-state index is 11.7. The van der Waals surface area contributed by atoms with E-state index in [2.05, 4.69) is 16.2 Å². The minimum atomic E-state index is -0.315. The van der Waals surface area contributed by atoms with Crippen LogP contribution in [0.25, 0.3) is 0 Å².